The lowest BCUT2D eigenvalue weighted by molar-refractivity contribution is -0.131. The molecule has 3 N–H and O–H groups in total. The van der Waals surface area contributed by atoms with Gasteiger partial charge in [-0.1, -0.05) is 5.92 Å². The largest absolute Gasteiger partial charge is 0.444 e. The van der Waals surface area contributed by atoms with Gasteiger partial charge in [0.1, 0.15) is 11.6 Å². The standard InChI is InChI=1S/C14H21N3O4/c1-5-9(8-11(15)18)16-12(19)10-6-7-17(10)13(20)21-14(2,3)4/h1,9-10H,6-8H2,2-4H3,(H2,15,18)(H,16,19)/t9-,10?/m1/s1. The van der Waals surface area contributed by atoms with Gasteiger partial charge < -0.3 is 15.8 Å². The summed E-state index contributed by atoms with van der Waals surface area (Å²) in [6.07, 6.45) is 5.08. The lowest BCUT2D eigenvalue weighted by Crippen LogP contribution is -2.60. The van der Waals surface area contributed by atoms with Crippen molar-refractivity contribution in [1.82, 2.24) is 10.2 Å². The Morgan fingerprint density at radius 2 is 2.10 bits per heavy atom. The number of carbonyl (C=O) groups is 3. The van der Waals surface area contributed by atoms with E-state index in [4.69, 9.17) is 16.9 Å². The molecule has 0 spiro atoms. The molecular formula is C14H21N3O4. The van der Waals surface area contributed by atoms with E-state index in [0.29, 0.717) is 13.0 Å². The molecule has 0 aliphatic carbocycles. The highest BCUT2D eigenvalue weighted by Crippen LogP contribution is 2.21. The summed E-state index contributed by atoms with van der Waals surface area (Å²) in [7, 11) is 0. The van der Waals surface area contributed by atoms with Crippen molar-refractivity contribution in [3.05, 3.63) is 0 Å². The molecule has 0 aromatic carbocycles. The number of nitrogens with two attached hydrogens (primary N) is 1. The maximum absolute atomic E-state index is 12.0. The first-order chi connectivity index (χ1) is 9.64. The number of rotatable bonds is 4. The molecule has 1 saturated heterocycles. The van der Waals surface area contributed by atoms with E-state index in [2.05, 4.69) is 11.2 Å². The van der Waals surface area contributed by atoms with Crippen LogP contribution in [0, 0.1) is 12.3 Å². The summed E-state index contributed by atoms with van der Waals surface area (Å²) in [6, 6.07) is -1.39. The molecule has 0 saturated carbocycles. The first kappa shape index (κ1) is 16.8. The molecular weight excluding hydrogens is 274 g/mol. The maximum atomic E-state index is 12.0. The third kappa shape index (κ3) is 4.99. The zero-order valence-electron chi connectivity index (χ0n) is 12.5. The molecule has 1 unspecified atom stereocenters. The molecule has 0 aromatic heterocycles. The fourth-order valence-electron chi connectivity index (χ4n) is 1.82. The Labute approximate surface area is 124 Å². The summed E-state index contributed by atoms with van der Waals surface area (Å²) >= 11 is 0. The number of amides is 3. The van der Waals surface area contributed by atoms with Gasteiger partial charge in [-0.15, -0.1) is 6.42 Å². The van der Waals surface area contributed by atoms with Crippen molar-refractivity contribution in [2.75, 3.05) is 6.54 Å². The second kappa shape index (κ2) is 6.48. The minimum Gasteiger partial charge on any atom is -0.444 e. The Morgan fingerprint density at radius 3 is 2.48 bits per heavy atom. The van der Waals surface area contributed by atoms with E-state index in [1.54, 1.807) is 20.8 Å². The molecule has 2 atom stereocenters. The molecule has 7 heteroatoms. The Balaban J connectivity index is 2.57. The van der Waals surface area contributed by atoms with Gasteiger partial charge in [-0.05, 0) is 27.2 Å². The smallest absolute Gasteiger partial charge is 0.410 e. The van der Waals surface area contributed by atoms with Crippen LogP contribution in [0.15, 0.2) is 0 Å². The van der Waals surface area contributed by atoms with Crippen LogP contribution in [0.2, 0.25) is 0 Å². The van der Waals surface area contributed by atoms with Crippen molar-refractivity contribution in [2.45, 2.75) is 51.3 Å². The van der Waals surface area contributed by atoms with E-state index in [1.165, 1.54) is 4.90 Å². The SMILES string of the molecule is C#C[C@H](CC(N)=O)NC(=O)C1CCN1C(=O)OC(C)(C)C. The van der Waals surface area contributed by atoms with Crippen LogP contribution in [0.3, 0.4) is 0 Å². The summed E-state index contributed by atoms with van der Waals surface area (Å²) in [5, 5.41) is 2.52. The molecule has 7 nitrogen and oxygen atoms in total. The Bertz CT molecular complexity index is 476. The lowest BCUT2D eigenvalue weighted by atomic mass is 10.0. The molecule has 0 radical (unpaired) electrons. The number of likely N-dealkylation sites (tertiary alicyclic amines) is 1. The van der Waals surface area contributed by atoms with Crippen molar-refractivity contribution in [1.29, 1.82) is 0 Å². The molecule has 3 amide bonds. The fraction of sp³-hybridized carbons (Fsp3) is 0.643. The number of terminal acetylenes is 1. The summed E-state index contributed by atoms with van der Waals surface area (Å²) in [5.41, 5.74) is 4.42. The molecule has 116 valence electrons. The quantitative estimate of drug-likeness (QED) is 0.712. The van der Waals surface area contributed by atoms with E-state index < -0.39 is 35.6 Å². The highest BCUT2D eigenvalue weighted by Gasteiger charge is 2.40. The van der Waals surface area contributed by atoms with Gasteiger partial charge in [-0.3, -0.25) is 14.5 Å². The van der Waals surface area contributed by atoms with Crippen molar-refractivity contribution in [3.8, 4) is 12.3 Å². The molecule has 0 bridgehead atoms. The normalized spacial score (nSPS) is 19.0. The minimum atomic E-state index is -0.768. The number of carbonyl (C=O) groups excluding carboxylic acids is 3. The van der Waals surface area contributed by atoms with Crippen LogP contribution in [0.1, 0.15) is 33.6 Å². The molecule has 1 rings (SSSR count). The molecule has 1 fully saturated rings. The van der Waals surface area contributed by atoms with Crippen molar-refractivity contribution < 1.29 is 19.1 Å². The van der Waals surface area contributed by atoms with Gasteiger partial charge in [-0.25, -0.2) is 4.79 Å². The monoisotopic (exact) mass is 295 g/mol. The summed E-state index contributed by atoms with van der Waals surface area (Å²) < 4.78 is 5.21. The van der Waals surface area contributed by atoms with Gasteiger partial charge in [-0.2, -0.15) is 0 Å². The first-order valence-electron chi connectivity index (χ1n) is 6.68. The van der Waals surface area contributed by atoms with E-state index in [-0.39, 0.29) is 6.42 Å². The van der Waals surface area contributed by atoms with Gasteiger partial charge in [0.25, 0.3) is 0 Å². The van der Waals surface area contributed by atoms with Gasteiger partial charge in [0.2, 0.25) is 11.8 Å². The highest BCUT2D eigenvalue weighted by atomic mass is 16.6. The maximum Gasteiger partial charge on any atom is 0.410 e. The zero-order chi connectivity index (χ0) is 16.2. The van der Waals surface area contributed by atoms with Crippen LogP contribution < -0.4 is 11.1 Å². The number of hydrogen-bond donors (Lipinski definition) is 2. The van der Waals surface area contributed by atoms with Gasteiger partial charge in [0, 0.05) is 6.54 Å². The average molecular weight is 295 g/mol. The Hall–Kier alpha value is -2.23. The van der Waals surface area contributed by atoms with Crippen LogP contribution >= 0.6 is 0 Å². The van der Waals surface area contributed by atoms with E-state index in [1.807, 2.05) is 0 Å². The van der Waals surface area contributed by atoms with Crippen LogP contribution in [0.25, 0.3) is 0 Å². The number of nitrogens with one attached hydrogen (secondary N) is 1. The second-order valence-electron chi connectivity index (χ2n) is 5.88. The van der Waals surface area contributed by atoms with Gasteiger partial charge in [0.15, 0.2) is 0 Å². The summed E-state index contributed by atoms with van der Waals surface area (Å²) in [6.45, 7) is 5.70. The Morgan fingerprint density at radius 1 is 1.48 bits per heavy atom. The van der Waals surface area contributed by atoms with Crippen molar-refractivity contribution >= 4 is 17.9 Å². The molecule has 1 aliphatic heterocycles. The Kier molecular flexibility index (Phi) is 5.19. The number of ether oxygens (including phenoxy) is 1. The van der Waals surface area contributed by atoms with E-state index >= 15 is 0 Å². The van der Waals surface area contributed by atoms with E-state index in [9.17, 15) is 14.4 Å². The van der Waals surface area contributed by atoms with E-state index in [0.717, 1.165) is 0 Å². The van der Waals surface area contributed by atoms with Crippen molar-refractivity contribution in [2.24, 2.45) is 5.73 Å². The van der Waals surface area contributed by atoms with Crippen LogP contribution in [0.4, 0.5) is 4.79 Å². The summed E-state index contributed by atoms with van der Waals surface area (Å²) in [4.78, 5) is 36.1. The number of primary amides is 1. The average Bonchev–Trinajstić information content (AvgIpc) is 2.22. The zero-order valence-corrected chi connectivity index (χ0v) is 12.5. The predicted octanol–water partition coefficient (Wildman–Crippen LogP) is -0.0108. The molecule has 21 heavy (non-hydrogen) atoms. The minimum absolute atomic E-state index is 0.138. The van der Waals surface area contributed by atoms with Crippen LogP contribution in [0.5, 0.6) is 0 Å². The molecule has 0 aromatic rings. The lowest BCUT2D eigenvalue weighted by Gasteiger charge is -2.40. The van der Waals surface area contributed by atoms with Crippen LogP contribution in [-0.4, -0.2) is 47.0 Å². The third-order valence-corrected chi connectivity index (χ3v) is 2.87. The molecule has 1 heterocycles. The third-order valence-electron chi connectivity index (χ3n) is 2.87. The number of nitrogens with zero attached hydrogens (tertiary/aromatic N) is 1. The number of hydrogen-bond acceptors (Lipinski definition) is 4. The predicted molar refractivity (Wildman–Crippen MR) is 75.9 cm³/mol. The van der Waals surface area contributed by atoms with Gasteiger partial charge >= 0.3 is 6.09 Å². The fourth-order valence-corrected chi connectivity index (χ4v) is 1.82. The van der Waals surface area contributed by atoms with Gasteiger partial charge in [0.05, 0.1) is 12.5 Å². The molecule has 1 aliphatic rings. The van der Waals surface area contributed by atoms with Crippen molar-refractivity contribution in [3.63, 3.8) is 0 Å². The van der Waals surface area contributed by atoms with Crippen LogP contribution in [-0.2, 0) is 14.3 Å². The topological polar surface area (TPSA) is 102 Å². The second-order valence-corrected chi connectivity index (χ2v) is 5.88. The highest BCUT2D eigenvalue weighted by molar-refractivity contribution is 5.88. The summed E-state index contributed by atoms with van der Waals surface area (Å²) in [5.74, 6) is 1.27. The first-order valence-corrected chi connectivity index (χ1v) is 6.68.